The molecule has 2 aromatic rings. The first-order valence-electron chi connectivity index (χ1n) is 6.74. The summed E-state index contributed by atoms with van der Waals surface area (Å²) in [6.07, 6.45) is 5.24. The van der Waals surface area contributed by atoms with Gasteiger partial charge >= 0.3 is 0 Å². The fourth-order valence-electron chi connectivity index (χ4n) is 2.22. The van der Waals surface area contributed by atoms with E-state index in [2.05, 4.69) is 20.9 Å². The molecule has 0 unspecified atom stereocenters. The number of hydrogen-bond donors (Lipinski definition) is 0. The molecule has 0 atom stereocenters. The largest absolute Gasteiger partial charge is 0.264 e. The molecule has 1 heterocycles. The van der Waals surface area contributed by atoms with Crippen LogP contribution in [0.3, 0.4) is 0 Å². The van der Waals surface area contributed by atoms with Crippen LogP contribution in [0.25, 0.3) is 0 Å². The molecule has 0 radical (unpaired) electrons. The van der Waals surface area contributed by atoms with Crippen molar-refractivity contribution in [3.8, 4) is 0 Å². The normalized spacial score (nSPS) is 15.3. The zero-order valence-corrected chi connectivity index (χ0v) is 13.7. The highest BCUT2D eigenvalue weighted by Gasteiger charge is 2.38. The van der Waals surface area contributed by atoms with Gasteiger partial charge in [-0.1, -0.05) is 18.2 Å². The molecule has 1 aliphatic rings. The minimum Gasteiger partial charge on any atom is -0.264 e. The highest BCUT2D eigenvalue weighted by atomic mass is 79.9. The van der Waals surface area contributed by atoms with Crippen molar-refractivity contribution in [1.29, 1.82) is 0 Å². The van der Waals surface area contributed by atoms with Crippen LogP contribution in [-0.4, -0.2) is 23.7 Å². The van der Waals surface area contributed by atoms with E-state index in [0.29, 0.717) is 15.9 Å². The Morgan fingerprint density at radius 1 is 1.19 bits per heavy atom. The minimum absolute atomic E-state index is 0.0994. The van der Waals surface area contributed by atoms with Crippen molar-refractivity contribution in [1.82, 2.24) is 9.29 Å². The predicted molar refractivity (Wildman–Crippen MR) is 84.1 cm³/mol. The van der Waals surface area contributed by atoms with Gasteiger partial charge in [-0.25, -0.2) is 8.42 Å². The second kappa shape index (κ2) is 5.87. The maximum absolute atomic E-state index is 12.9. The molecule has 0 saturated heterocycles. The Bertz CT molecular complexity index is 730. The molecule has 0 bridgehead atoms. The molecule has 1 saturated carbocycles. The first-order valence-corrected chi connectivity index (χ1v) is 8.97. The highest BCUT2D eigenvalue weighted by molar-refractivity contribution is 9.10. The Morgan fingerprint density at radius 3 is 2.57 bits per heavy atom. The standard InChI is InChI=1S/C15H15BrN2O2S/c16-14-5-1-2-6-15(14)21(19,20)18(13-7-8-13)11-12-4-3-9-17-10-12/h1-6,9-10,13H,7-8,11H2. The molecule has 6 heteroatoms. The zero-order valence-electron chi connectivity index (χ0n) is 11.3. The van der Waals surface area contributed by atoms with Gasteiger partial charge < -0.3 is 0 Å². The van der Waals surface area contributed by atoms with E-state index in [0.717, 1.165) is 18.4 Å². The van der Waals surface area contributed by atoms with Crippen molar-refractivity contribution in [2.75, 3.05) is 0 Å². The molecule has 21 heavy (non-hydrogen) atoms. The van der Waals surface area contributed by atoms with E-state index in [9.17, 15) is 8.42 Å². The van der Waals surface area contributed by atoms with Crippen LogP contribution >= 0.6 is 15.9 Å². The van der Waals surface area contributed by atoms with Crippen molar-refractivity contribution in [2.24, 2.45) is 0 Å². The average molecular weight is 367 g/mol. The van der Waals surface area contributed by atoms with E-state index in [4.69, 9.17) is 0 Å². The quantitative estimate of drug-likeness (QED) is 0.816. The molecule has 0 N–H and O–H groups in total. The number of benzene rings is 1. The topological polar surface area (TPSA) is 50.3 Å². The molecule has 0 spiro atoms. The summed E-state index contributed by atoms with van der Waals surface area (Å²) in [6, 6.07) is 10.8. The summed E-state index contributed by atoms with van der Waals surface area (Å²) in [5, 5.41) is 0. The SMILES string of the molecule is O=S(=O)(c1ccccc1Br)N(Cc1cccnc1)C1CC1. The number of rotatable bonds is 5. The summed E-state index contributed by atoms with van der Waals surface area (Å²) in [4.78, 5) is 4.38. The zero-order chi connectivity index (χ0) is 14.9. The van der Waals surface area contributed by atoms with E-state index in [1.807, 2.05) is 18.2 Å². The lowest BCUT2D eigenvalue weighted by Crippen LogP contribution is -2.32. The van der Waals surface area contributed by atoms with E-state index >= 15 is 0 Å². The molecular formula is C15H15BrN2O2S. The van der Waals surface area contributed by atoms with Crippen LogP contribution in [0.15, 0.2) is 58.2 Å². The smallest absolute Gasteiger partial charge is 0.244 e. The summed E-state index contributed by atoms with van der Waals surface area (Å²) in [7, 11) is -3.51. The van der Waals surface area contributed by atoms with Gasteiger partial charge in [0, 0.05) is 29.5 Å². The maximum Gasteiger partial charge on any atom is 0.244 e. The third-order valence-corrected chi connectivity index (χ3v) is 6.35. The fraction of sp³-hybridized carbons (Fsp3) is 0.267. The summed E-state index contributed by atoms with van der Waals surface area (Å²) in [5.74, 6) is 0. The Morgan fingerprint density at radius 2 is 1.95 bits per heavy atom. The van der Waals surface area contributed by atoms with Gasteiger partial charge in [-0.2, -0.15) is 4.31 Å². The number of halogens is 1. The third kappa shape index (κ3) is 3.17. The summed E-state index contributed by atoms with van der Waals surface area (Å²) in [6.45, 7) is 0.363. The number of nitrogens with zero attached hydrogens (tertiary/aromatic N) is 2. The summed E-state index contributed by atoms with van der Waals surface area (Å²) >= 11 is 3.34. The van der Waals surface area contributed by atoms with E-state index in [1.54, 1.807) is 34.9 Å². The van der Waals surface area contributed by atoms with E-state index in [-0.39, 0.29) is 6.04 Å². The van der Waals surface area contributed by atoms with Crippen molar-refractivity contribution in [3.63, 3.8) is 0 Å². The van der Waals surface area contributed by atoms with Crippen LogP contribution in [0, 0.1) is 0 Å². The van der Waals surface area contributed by atoms with Gasteiger partial charge in [0.05, 0.1) is 4.90 Å². The predicted octanol–water partition coefficient (Wildman–Crippen LogP) is 3.20. The van der Waals surface area contributed by atoms with Crippen LogP contribution in [-0.2, 0) is 16.6 Å². The average Bonchev–Trinajstić information content (AvgIpc) is 3.30. The van der Waals surface area contributed by atoms with Gasteiger partial charge in [0.2, 0.25) is 10.0 Å². The molecule has 1 aromatic carbocycles. The lowest BCUT2D eigenvalue weighted by atomic mass is 10.3. The Hall–Kier alpha value is -1.24. The third-order valence-electron chi connectivity index (χ3n) is 3.44. The molecule has 0 amide bonds. The van der Waals surface area contributed by atoms with Gasteiger partial charge in [0.15, 0.2) is 0 Å². The van der Waals surface area contributed by atoms with Crippen molar-refractivity contribution < 1.29 is 8.42 Å². The van der Waals surface area contributed by atoms with Crippen LogP contribution < -0.4 is 0 Å². The van der Waals surface area contributed by atoms with Gasteiger partial charge in [0.25, 0.3) is 0 Å². The molecule has 1 fully saturated rings. The van der Waals surface area contributed by atoms with E-state index in [1.165, 1.54) is 0 Å². The Balaban J connectivity index is 1.96. The Kier molecular flexibility index (Phi) is 4.10. The van der Waals surface area contributed by atoms with Crippen molar-refractivity contribution >= 4 is 26.0 Å². The van der Waals surface area contributed by atoms with Crippen LogP contribution in [0.1, 0.15) is 18.4 Å². The van der Waals surface area contributed by atoms with Gasteiger partial charge in [0.1, 0.15) is 0 Å². The summed E-state index contributed by atoms with van der Waals surface area (Å²) < 4.78 is 28.0. The van der Waals surface area contributed by atoms with Gasteiger partial charge in [-0.15, -0.1) is 0 Å². The van der Waals surface area contributed by atoms with E-state index < -0.39 is 10.0 Å². The van der Waals surface area contributed by atoms with Gasteiger partial charge in [-0.3, -0.25) is 4.98 Å². The second-order valence-corrected chi connectivity index (χ2v) is 7.79. The monoisotopic (exact) mass is 366 g/mol. The van der Waals surface area contributed by atoms with Crippen molar-refractivity contribution in [2.45, 2.75) is 30.3 Å². The van der Waals surface area contributed by atoms with Crippen molar-refractivity contribution in [3.05, 3.63) is 58.8 Å². The molecule has 1 aromatic heterocycles. The molecule has 0 aliphatic heterocycles. The number of aromatic nitrogens is 1. The lowest BCUT2D eigenvalue weighted by Gasteiger charge is -2.22. The molecule has 1 aliphatic carbocycles. The minimum atomic E-state index is -3.51. The first kappa shape index (κ1) is 14.7. The van der Waals surface area contributed by atoms with Crippen LogP contribution in [0.5, 0.6) is 0 Å². The van der Waals surface area contributed by atoms with Crippen LogP contribution in [0.2, 0.25) is 0 Å². The molecular weight excluding hydrogens is 352 g/mol. The number of sulfonamides is 1. The highest BCUT2D eigenvalue weighted by Crippen LogP contribution is 2.35. The summed E-state index contributed by atoms with van der Waals surface area (Å²) in [5.41, 5.74) is 0.903. The fourth-order valence-corrected chi connectivity index (χ4v) is 4.86. The van der Waals surface area contributed by atoms with Crippen LogP contribution in [0.4, 0.5) is 0 Å². The Labute approximate surface area is 133 Å². The number of hydrogen-bond acceptors (Lipinski definition) is 3. The first-order chi connectivity index (χ1) is 10.1. The van der Waals surface area contributed by atoms with Gasteiger partial charge in [-0.05, 0) is 52.5 Å². The maximum atomic E-state index is 12.9. The molecule has 4 nitrogen and oxygen atoms in total. The lowest BCUT2D eigenvalue weighted by molar-refractivity contribution is 0.398. The molecule has 3 rings (SSSR count). The second-order valence-electron chi connectivity index (χ2n) is 5.07. The molecule has 110 valence electrons. The number of pyridine rings is 1.